The molecule has 2 saturated carbocycles. The van der Waals surface area contributed by atoms with E-state index in [1.165, 1.54) is 0 Å². The van der Waals surface area contributed by atoms with E-state index in [2.05, 4.69) is 13.8 Å². The van der Waals surface area contributed by atoms with Gasteiger partial charge in [0.15, 0.2) is 5.79 Å². The highest BCUT2D eigenvalue weighted by atomic mass is 16.8. The summed E-state index contributed by atoms with van der Waals surface area (Å²) >= 11 is 0. The molecular formula is C15H22O4. The Kier molecular flexibility index (Phi) is 1.67. The molecule has 6 fully saturated rings. The first-order chi connectivity index (χ1) is 8.95. The van der Waals surface area contributed by atoms with E-state index in [0.717, 1.165) is 38.7 Å². The van der Waals surface area contributed by atoms with Crippen LogP contribution in [0.2, 0.25) is 0 Å². The zero-order valence-electron chi connectivity index (χ0n) is 11.7. The predicted octanol–water partition coefficient (Wildman–Crippen LogP) is 1.60. The standard InChI is InChI=1S/C15H22O4/c1-11-5-6-13(9-17-11)12(2)4-3-10-14(12,8-16)19-15(13,7-11)18-10/h10,16H,3-9H2,1-2H3/t10?,11-,12+,13?,14+,15+/m0/s1. The second-order valence-corrected chi connectivity index (χ2v) is 7.88. The van der Waals surface area contributed by atoms with E-state index < -0.39 is 11.4 Å². The van der Waals surface area contributed by atoms with Crippen molar-refractivity contribution < 1.29 is 19.3 Å². The molecule has 0 aromatic rings. The van der Waals surface area contributed by atoms with E-state index in [1.54, 1.807) is 0 Å². The van der Waals surface area contributed by atoms with Crippen molar-refractivity contribution in [3.05, 3.63) is 0 Å². The van der Waals surface area contributed by atoms with Gasteiger partial charge in [-0.25, -0.2) is 0 Å². The lowest BCUT2D eigenvalue weighted by molar-refractivity contribution is -0.344. The second-order valence-electron chi connectivity index (χ2n) is 7.88. The van der Waals surface area contributed by atoms with E-state index in [9.17, 15) is 5.11 Å². The van der Waals surface area contributed by atoms with Gasteiger partial charge in [0, 0.05) is 11.8 Å². The summed E-state index contributed by atoms with van der Waals surface area (Å²) in [5.74, 6) is -0.489. The van der Waals surface area contributed by atoms with Crippen molar-refractivity contribution >= 4 is 0 Å². The number of fused-ring (bicyclic) bond motifs is 2. The fourth-order valence-corrected chi connectivity index (χ4v) is 6.22. The fourth-order valence-electron chi connectivity index (χ4n) is 6.22. The van der Waals surface area contributed by atoms with E-state index in [-0.39, 0.29) is 29.1 Å². The molecule has 4 aliphatic heterocycles. The van der Waals surface area contributed by atoms with Crippen molar-refractivity contribution in [2.75, 3.05) is 13.2 Å². The average molecular weight is 266 g/mol. The van der Waals surface area contributed by atoms with Gasteiger partial charge in [0.1, 0.15) is 5.60 Å². The number of rotatable bonds is 1. The van der Waals surface area contributed by atoms with Crippen LogP contribution < -0.4 is 0 Å². The SMILES string of the molecule is C[C@@]12CCC3(CO1)[C@]1(C2)OC2CC[C@@]3(C)[C@]2(CO)O1. The first kappa shape index (κ1) is 11.5. The summed E-state index contributed by atoms with van der Waals surface area (Å²) in [4.78, 5) is 0. The van der Waals surface area contributed by atoms with Gasteiger partial charge in [-0.05, 0) is 32.6 Å². The van der Waals surface area contributed by atoms with Crippen LogP contribution in [0.25, 0.3) is 0 Å². The molecule has 6 rings (SSSR count). The van der Waals surface area contributed by atoms with Gasteiger partial charge in [-0.2, -0.15) is 0 Å². The Morgan fingerprint density at radius 2 is 2.05 bits per heavy atom. The molecule has 4 heterocycles. The smallest absolute Gasteiger partial charge is 0.180 e. The third kappa shape index (κ3) is 0.844. The van der Waals surface area contributed by atoms with Crippen molar-refractivity contribution in [2.45, 2.75) is 69.0 Å². The monoisotopic (exact) mass is 266 g/mol. The van der Waals surface area contributed by atoms with Crippen LogP contribution in [0.4, 0.5) is 0 Å². The van der Waals surface area contributed by atoms with Gasteiger partial charge < -0.3 is 19.3 Å². The minimum absolute atomic E-state index is 0.000579. The van der Waals surface area contributed by atoms with E-state index in [4.69, 9.17) is 14.2 Å². The molecule has 0 aromatic heterocycles. The normalized spacial score (nSPS) is 68.7. The van der Waals surface area contributed by atoms with Crippen molar-refractivity contribution in [3.8, 4) is 0 Å². The van der Waals surface area contributed by atoms with E-state index >= 15 is 0 Å². The summed E-state index contributed by atoms with van der Waals surface area (Å²) in [7, 11) is 0. The molecule has 2 unspecified atom stereocenters. The van der Waals surface area contributed by atoms with Gasteiger partial charge in [0.25, 0.3) is 0 Å². The maximum Gasteiger partial charge on any atom is 0.180 e. The van der Waals surface area contributed by atoms with Crippen LogP contribution in [-0.2, 0) is 14.2 Å². The molecule has 1 N–H and O–H groups in total. The predicted molar refractivity (Wildman–Crippen MR) is 66.5 cm³/mol. The van der Waals surface area contributed by atoms with Crippen molar-refractivity contribution in [1.29, 1.82) is 0 Å². The lowest BCUT2D eigenvalue weighted by atomic mass is 9.49. The Bertz CT molecular complexity index is 469. The summed E-state index contributed by atoms with van der Waals surface area (Å²) < 4.78 is 19.1. The number of aliphatic hydroxyl groups excluding tert-OH is 1. The summed E-state index contributed by atoms with van der Waals surface area (Å²) in [6, 6.07) is 0. The van der Waals surface area contributed by atoms with E-state index in [1.807, 2.05) is 0 Å². The molecule has 4 nitrogen and oxygen atoms in total. The lowest BCUT2D eigenvalue weighted by Crippen LogP contribution is -2.70. The molecule has 0 radical (unpaired) electrons. The molecule has 4 heteroatoms. The molecule has 2 spiro atoms. The van der Waals surface area contributed by atoms with E-state index in [0.29, 0.717) is 0 Å². The average Bonchev–Trinajstić information content (AvgIpc) is 2.86. The molecule has 2 aliphatic carbocycles. The minimum atomic E-state index is -0.489. The summed E-state index contributed by atoms with van der Waals surface area (Å²) in [5.41, 5.74) is -0.633. The molecule has 19 heavy (non-hydrogen) atoms. The first-order valence-electron chi connectivity index (χ1n) is 7.58. The van der Waals surface area contributed by atoms with Crippen LogP contribution in [0.15, 0.2) is 0 Å². The summed E-state index contributed by atoms with van der Waals surface area (Å²) in [6.07, 6.45) is 5.19. The molecule has 106 valence electrons. The minimum Gasteiger partial charge on any atom is -0.393 e. The van der Waals surface area contributed by atoms with Crippen molar-refractivity contribution in [2.24, 2.45) is 10.8 Å². The van der Waals surface area contributed by atoms with Crippen LogP contribution >= 0.6 is 0 Å². The maximum absolute atomic E-state index is 10.1. The van der Waals surface area contributed by atoms with Gasteiger partial charge in [0.2, 0.25) is 0 Å². The quantitative estimate of drug-likeness (QED) is 0.783. The molecular weight excluding hydrogens is 244 g/mol. The Labute approximate surface area is 113 Å². The number of hydrogen-bond donors (Lipinski definition) is 1. The Morgan fingerprint density at radius 1 is 1.21 bits per heavy atom. The van der Waals surface area contributed by atoms with Gasteiger partial charge in [0.05, 0.1) is 30.3 Å². The van der Waals surface area contributed by atoms with Crippen molar-refractivity contribution in [1.82, 2.24) is 0 Å². The Balaban J connectivity index is 1.77. The summed E-state index contributed by atoms with van der Waals surface area (Å²) in [6.45, 7) is 5.30. The highest BCUT2D eigenvalue weighted by Gasteiger charge is 2.88. The molecule has 4 saturated heterocycles. The first-order valence-corrected chi connectivity index (χ1v) is 7.58. The lowest BCUT2D eigenvalue weighted by Gasteiger charge is -2.63. The van der Waals surface area contributed by atoms with Crippen LogP contribution in [0.5, 0.6) is 0 Å². The molecule has 0 amide bonds. The highest BCUT2D eigenvalue weighted by molar-refractivity contribution is 5.32. The summed E-state index contributed by atoms with van der Waals surface area (Å²) in [5, 5.41) is 10.1. The van der Waals surface area contributed by atoms with Crippen molar-refractivity contribution in [3.63, 3.8) is 0 Å². The second kappa shape index (κ2) is 2.76. The molecule has 6 atom stereocenters. The largest absolute Gasteiger partial charge is 0.393 e. The van der Waals surface area contributed by atoms with Gasteiger partial charge in [-0.3, -0.25) is 0 Å². The van der Waals surface area contributed by atoms with Gasteiger partial charge in [-0.15, -0.1) is 0 Å². The molecule has 4 bridgehead atoms. The maximum atomic E-state index is 10.1. The molecule has 6 aliphatic rings. The van der Waals surface area contributed by atoms with Gasteiger partial charge in [-0.1, -0.05) is 6.92 Å². The number of ether oxygens (including phenoxy) is 3. The number of hydrogen-bond acceptors (Lipinski definition) is 4. The van der Waals surface area contributed by atoms with Crippen LogP contribution in [0.1, 0.15) is 46.0 Å². The van der Waals surface area contributed by atoms with Crippen LogP contribution in [0, 0.1) is 10.8 Å². The third-order valence-electron chi connectivity index (χ3n) is 7.41. The zero-order chi connectivity index (χ0) is 13.1. The highest BCUT2D eigenvalue weighted by Crippen LogP contribution is 2.80. The fraction of sp³-hybridized carbons (Fsp3) is 1.00. The Morgan fingerprint density at radius 3 is 2.74 bits per heavy atom. The topological polar surface area (TPSA) is 47.9 Å². The van der Waals surface area contributed by atoms with Crippen LogP contribution in [0.3, 0.4) is 0 Å². The molecule has 0 aromatic carbocycles. The Hall–Kier alpha value is -0.160. The zero-order valence-corrected chi connectivity index (χ0v) is 11.7. The third-order valence-corrected chi connectivity index (χ3v) is 7.41. The van der Waals surface area contributed by atoms with Crippen LogP contribution in [-0.4, -0.2) is 41.4 Å². The number of aliphatic hydroxyl groups is 1. The van der Waals surface area contributed by atoms with Gasteiger partial charge >= 0.3 is 0 Å².